The Balaban J connectivity index is 1.19. The SMILES string of the molecule is C=CCOC(=O)C(N)Cc1c(SCC(NC(=O)CNC(=O)[C@@H](NC(=O)CNC(=O)OCC2c3ccccc3-c3ccccc32)[C@@H](C)CC)C(=O)NC(CC(N)=O)C(=O)N2CC(CC)C[C@H]2C(=O)N[C@H](C(=O)O)[C@@H](C)[C@H](COC(C)=O)OC(C)=O)[nH]c2ccccc12. The Kier molecular flexibility index (Phi) is 26.0. The van der Waals surface area contributed by atoms with Crippen LogP contribution in [0.3, 0.4) is 0 Å². The third-order valence-corrected chi connectivity index (χ3v) is 17.0. The van der Waals surface area contributed by atoms with Crippen molar-refractivity contribution in [3.8, 4) is 11.1 Å². The minimum Gasteiger partial charge on any atom is -0.480 e. The van der Waals surface area contributed by atoms with Crippen molar-refractivity contribution in [2.75, 3.05) is 45.2 Å². The molecule has 28 heteroatoms. The maximum Gasteiger partial charge on any atom is 0.407 e. The number of amides is 8. The van der Waals surface area contributed by atoms with Crippen LogP contribution in [-0.4, -0.2) is 174 Å². The Morgan fingerprint density at radius 2 is 1.42 bits per heavy atom. The number of thioether (sulfide) groups is 1. The van der Waals surface area contributed by atoms with Gasteiger partial charge in [0.1, 0.15) is 68.7 Å². The Bertz CT molecular complexity index is 3310. The van der Waals surface area contributed by atoms with Crippen LogP contribution in [0.25, 0.3) is 22.0 Å². The predicted molar refractivity (Wildman–Crippen MR) is 332 cm³/mol. The van der Waals surface area contributed by atoms with E-state index in [0.717, 1.165) is 52.8 Å². The number of carbonyl (C=O) groups is 12. The Labute approximate surface area is 529 Å². The molecule has 2 heterocycles. The van der Waals surface area contributed by atoms with Crippen LogP contribution in [0.1, 0.15) is 89.8 Å². The first-order valence-electron chi connectivity index (χ1n) is 29.8. The number of carbonyl (C=O) groups excluding carboxylic acids is 11. The van der Waals surface area contributed by atoms with Crippen LogP contribution >= 0.6 is 11.8 Å². The van der Waals surface area contributed by atoms with Crippen molar-refractivity contribution in [3.05, 3.63) is 102 Å². The van der Waals surface area contributed by atoms with Crippen molar-refractivity contribution in [2.45, 2.75) is 127 Å². The van der Waals surface area contributed by atoms with Crippen molar-refractivity contribution in [1.29, 1.82) is 0 Å². The molecule has 3 aromatic carbocycles. The van der Waals surface area contributed by atoms with Gasteiger partial charge in [0.2, 0.25) is 41.4 Å². The second-order valence-electron chi connectivity index (χ2n) is 22.3. The first-order chi connectivity index (χ1) is 43.3. The molecule has 1 aliphatic carbocycles. The summed E-state index contributed by atoms with van der Waals surface area (Å²) in [4.78, 5) is 164. The number of nitrogens with two attached hydrogens (primary N) is 2. The molecule has 0 bridgehead atoms. The molecule has 27 nitrogen and oxygen atoms in total. The largest absolute Gasteiger partial charge is 0.480 e. The first-order valence-corrected chi connectivity index (χ1v) is 30.8. The molecule has 91 heavy (non-hydrogen) atoms. The highest BCUT2D eigenvalue weighted by Crippen LogP contribution is 2.44. The molecule has 10 atom stereocenters. The van der Waals surface area contributed by atoms with E-state index in [2.05, 4.69) is 43.5 Å². The Hall–Kier alpha value is -9.31. The number of nitrogens with zero attached hydrogens (tertiary/aromatic N) is 1. The molecular formula is C63H80N10O17S. The summed E-state index contributed by atoms with van der Waals surface area (Å²) in [5.41, 5.74) is 17.2. The van der Waals surface area contributed by atoms with Crippen LogP contribution in [0.2, 0.25) is 0 Å². The number of nitrogens with one attached hydrogen (secondary N) is 7. The fourth-order valence-corrected chi connectivity index (χ4v) is 11.9. The summed E-state index contributed by atoms with van der Waals surface area (Å²) in [5.74, 6) is -13.0. The number of fused-ring (bicyclic) bond motifs is 4. The van der Waals surface area contributed by atoms with E-state index in [1.54, 1.807) is 45.0 Å². The minimum atomic E-state index is -1.78. The van der Waals surface area contributed by atoms with Crippen LogP contribution in [0.4, 0.5) is 4.79 Å². The highest BCUT2D eigenvalue weighted by atomic mass is 32.2. The third-order valence-electron chi connectivity index (χ3n) is 15.9. The van der Waals surface area contributed by atoms with Gasteiger partial charge >= 0.3 is 30.0 Å². The molecule has 2 aliphatic rings. The highest BCUT2D eigenvalue weighted by Gasteiger charge is 2.45. The normalized spacial score (nSPS) is 16.7. The van der Waals surface area contributed by atoms with Crippen molar-refractivity contribution in [1.82, 2.24) is 41.8 Å². The number of para-hydroxylation sites is 1. The predicted octanol–water partition coefficient (Wildman–Crippen LogP) is 2.22. The minimum absolute atomic E-state index is 0.00865. The van der Waals surface area contributed by atoms with Gasteiger partial charge in [-0.05, 0) is 52.1 Å². The van der Waals surface area contributed by atoms with Crippen LogP contribution in [-0.2, 0) is 78.1 Å². The number of rotatable bonds is 33. The van der Waals surface area contributed by atoms with Crippen LogP contribution in [0.15, 0.2) is 90.5 Å². The molecule has 12 N–H and O–H groups in total. The topological polar surface area (TPSA) is 405 Å². The fraction of sp³-hybridized carbons (Fsp3) is 0.460. The molecule has 1 aromatic heterocycles. The number of aromatic amines is 1. The smallest absolute Gasteiger partial charge is 0.407 e. The highest BCUT2D eigenvalue weighted by molar-refractivity contribution is 7.99. The number of carboxylic acid groups (broad SMARTS) is 1. The van der Waals surface area contributed by atoms with Crippen LogP contribution in [0, 0.1) is 17.8 Å². The monoisotopic (exact) mass is 1280 g/mol. The summed E-state index contributed by atoms with van der Waals surface area (Å²) in [6.07, 6.45) is -0.864. The number of aliphatic carboxylic acids is 1. The second kappa shape index (κ2) is 33.5. The molecule has 1 aliphatic heterocycles. The maximum atomic E-state index is 14.8. The summed E-state index contributed by atoms with van der Waals surface area (Å²) in [6.45, 7) is 10.2. The molecule has 4 unspecified atom stereocenters. The Morgan fingerprint density at radius 1 is 0.780 bits per heavy atom. The molecule has 490 valence electrons. The van der Waals surface area contributed by atoms with E-state index in [1.165, 1.54) is 13.0 Å². The number of esters is 3. The zero-order valence-electron chi connectivity index (χ0n) is 51.5. The van der Waals surface area contributed by atoms with E-state index in [0.29, 0.717) is 34.3 Å². The molecule has 8 amide bonds. The van der Waals surface area contributed by atoms with Crippen molar-refractivity contribution in [3.63, 3.8) is 0 Å². The lowest BCUT2D eigenvalue weighted by Crippen LogP contribution is -2.60. The molecule has 1 saturated heterocycles. The van der Waals surface area contributed by atoms with E-state index >= 15 is 0 Å². The van der Waals surface area contributed by atoms with Gasteiger partial charge in [-0.15, -0.1) is 11.8 Å². The van der Waals surface area contributed by atoms with Gasteiger partial charge in [0.15, 0.2) is 0 Å². The van der Waals surface area contributed by atoms with Gasteiger partial charge in [0, 0.05) is 55.3 Å². The van der Waals surface area contributed by atoms with Gasteiger partial charge in [-0.25, -0.2) is 9.59 Å². The molecule has 0 radical (unpaired) electrons. The van der Waals surface area contributed by atoms with Gasteiger partial charge in [-0.3, -0.25) is 47.9 Å². The average Bonchev–Trinajstić information content (AvgIpc) is 1.67. The number of hydrogen-bond donors (Lipinski definition) is 10. The number of aromatic nitrogens is 1. The van der Waals surface area contributed by atoms with Crippen LogP contribution in [0.5, 0.6) is 0 Å². The lowest BCUT2D eigenvalue weighted by molar-refractivity contribution is -0.162. The van der Waals surface area contributed by atoms with Gasteiger partial charge in [0.05, 0.1) is 18.0 Å². The molecule has 4 aromatic rings. The summed E-state index contributed by atoms with van der Waals surface area (Å²) in [5, 5.41) is 26.5. The summed E-state index contributed by atoms with van der Waals surface area (Å²) in [6, 6.07) is 13.7. The Morgan fingerprint density at radius 3 is 2.03 bits per heavy atom. The maximum absolute atomic E-state index is 14.8. The van der Waals surface area contributed by atoms with E-state index < -0.39 is 152 Å². The number of alkyl carbamates (subject to hydrolysis) is 1. The molecule has 0 spiro atoms. The van der Waals surface area contributed by atoms with Gasteiger partial charge in [0.25, 0.3) is 0 Å². The number of benzene rings is 3. The standard InChI is InChI=1S/C63H80N10O17S/c1-8-23-87-62(85)45(64)25-43-42-21-15-16-22-46(42)70-59(43)91-32-48(56(79)69-47(26-51(65)76)60(82)73-29-37(10-3)24-49(73)57(80)72-55(61(83)84)34(5)50(90-36(7)75)31-88-35(6)74)68-52(77)27-66-58(81)54(33(4)9-2)71-53(78)28-67-63(86)89-30-44-40-19-13-11-17-38(40)39-18-12-14-20-41(39)44/h8,11-22,33-34,37,44-45,47-50,54-55,70H,1,9-10,23-32,64H2,2-7H3,(H2,65,76)(H,66,81)(H,67,86)(H,68,77)(H,69,79)(H,71,78)(H,72,80)(H,83,84)/t33-,34-,37?,45?,47?,48?,49-,50-,54-,55-/m0/s1. The first kappa shape index (κ1) is 70.8. The average molecular weight is 1280 g/mol. The summed E-state index contributed by atoms with van der Waals surface area (Å²) in [7, 11) is 0. The number of H-pyrrole nitrogens is 1. The summed E-state index contributed by atoms with van der Waals surface area (Å²) >= 11 is 1.01. The fourth-order valence-electron chi connectivity index (χ4n) is 10.8. The lowest BCUT2D eigenvalue weighted by Gasteiger charge is -2.32. The molecule has 0 saturated carbocycles. The summed E-state index contributed by atoms with van der Waals surface area (Å²) < 4.78 is 21.0. The number of likely N-dealkylation sites (tertiary alicyclic amines) is 1. The van der Waals surface area contributed by atoms with Crippen LogP contribution < -0.4 is 43.4 Å². The van der Waals surface area contributed by atoms with Crippen molar-refractivity contribution < 1.29 is 81.6 Å². The van der Waals surface area contributed by atoms with E-state index in [4.69, 9.17) is 30.4 Å². The van der Waals surface area contributed by atoms with Crippen molar-refractivity contribution >= 4 is 94.0 Å². The third kappa shape index (κ3) is 19.4. The van der Waals surface area contributed by atoms with Gasteiger partial charge < -0.3 is 77.3 Å². The number of carboxylic acids is 1. The zero-order chi connectivity index (χ0) is 66.6. The number of ether oxygens (including phenoxy) is 4. The molecule has 6 rings (SSSR count). The lowest BCUT2D eigenvalue weighted by atomic mass is 9.94. The van der Waals surface area contributed by atoms with E-state index in [1.807, 2.05) is 48.5 Å². The quantitative estimate of drug-likeness (QED) is 0.0141. The molecule has 1 fully saturated rings. The number of hydrogen-bond acceptors (Lipinski definition) is 18. The van der Waals surface area contributed by atoms with Gasteiger partial charge in [-0.2, -0.15) is 0 Å². The zero-order valence-corrected chi connectivity index (χ0v) is 52.4. The van der Waals surface area contributed by atoms with Crippen molar-refractivity contribution in [2.24, 2.45) is 29.2 Å². The molecular weight excluding hydrogens is 1200 g/mol. The second-order valence-corrected chi connectivity index (χ2v) is 23.4. The van der Waals surface area contributed by atoms with E-state index in [9.17, 15) is 62.6 Å². The van der Waals surface area contributed by atoms with E-state index in [-0.39, 0.29) is 50.2 Å². The van der Waals surface area contributed by atoms with Gasteiger partial charge in [-0.1, -0.05) is 120 Å². The number of primary amides is 1.